The Kier molecular flexibility index (Phi) is 11.5. The minimum atomic E-state index is -3.91. The fourth-order valence-electron chi connectivity index (χ4n) is 4.38. The zero-order valence-electron chi connectivity index (χ0n) is 23.6. The lowest BCUT2D eigenvalue weighted by molar-refractivity contribution is 0.0271. The van der Waals surface area contributed by atoms with Gasteiger partial charge in [0.1, 0.15) is 0 Å². The molecule has 0 saturated heterocycles. The lowest BCUT2D eigenvalue weighted by Crippen LogP contribution is -2.34. The highest BCUT2D eigenvalue weighted by Gasteiger charge is 2.27. The van der Waals surface area contributed by atoms with Crippen LogP contribution in [0.2, 0.25) is 0 Å². The van der Waals surface area contributed by atoms with Crippen LogP contribution in [0.4, 0.5) is 11.4 Å². The van der Waals surface area contributed by atoms with E-state index in [0.29, 0.717) is 36.7 Å². The number of amides is 1. The molecule has 1 fully saturated rings. The molecule has 1 aliphatic rings. The van der Waals surface area contributed by atoms with Gasteiger partial charge in [0.05, 0.1) is 22.8 Å². The van der Waals surface area contributed by atoms with Gasteiger partial charge in [0.15, 0.2) is 0 Å². The van der Waals surface area contributed by atoms with E-state index in [1.165, 1.54) is 22.5 Å². The SMILES string of the molecule is CCN(CC)CCCN(Cc1cccnc1)S(=O)(=O)c1ccc(C(=O)NOCC2CC2)c(Nc2ccc(I)cc2)c1. The van der Waals surface area contributed by atoms with Crippen molar-refractivity contribution in [1.82, 2.24) is 19.7 Å². The van der Waals surface area contributed by atoms with Gasteiger partial charge in [-0.3, -0.25) is 14.6 Å². The highest BCUT2D eigenvalue weighted by atomic mass is 127. The summed E-state index contributed by atoms with van der Waals surface area (Å²) in [7, 11) is -3.91. The minimum Gasteiger partial charge on any atom is -0.355 e. The molecule has 0 aliphatic heterocycles. The largest absolute Gasteiger partial charge is 0.355 e. The van der Waals surface area contributed by atoms with Crippen molar-refractivity contribution < 1.29 is 18.0 Å². The smallest absolute Gasteiger partial charge is 0.276 e. The first-order chi connectivity index (χ1) is 19.8. The molecule has 1 aromatic heterocycles. The van der Waals surface area contributed by atoms with E-state index in [-0.39, 0.29) is 11.4 Å². The number of hydrogen-bond donors (Lipinski definition) is 2. The molecular formula is C30H38IN5O4S. The summed E-state index contributed by atoms with van der Waals surface area (Å²) in [5.74, 6) is 0.0498. The minimum absolute atomic E-state index is 0.104. The van der Waals surface area contributed by atoms with Crippen molar-refractivity contribution in [3.05, 3.63) is 81.7 Å². The third-order valence-corrected chi connectivity index (χ3v) is 9.60. The number of carbonyl (C=O) groups excluding carboxylic acids is 1. The van der Waals surface area contributed by atoms with Gasteiger partial charge in [-0.05, 0) is 121 Å². The maximum Gasteiger partial charge on any atom is 0.276 e. The fraction of sp³-hybridized carbons (Fsp3) is 0.400. The standard InChI is InChI=1S/C30H38IN5O4S/c1-3-35(4-2)17-6-18-36(21-24-7-5-16-32-20-24)41(38,39)27-14-15-28(30(37)34-40-22-23-8-9-23)29(19-27)33-26-12-10-25(31)11-13-26/h5,7,10-16,19-20,23,33H,3-4,6,8-9,17-18,21-22H2,1-2H3,(H,34,37). The summed E-state index contributed by atoms with van der Waals surface area (Å²) in [5.41, 5.74) is 4.73. The van der Waals surface area contributed by atoms with Crippen LogP contribution >= 0.6 is 22.6 Å². The number of anilines is 2. The Morgan fingerprint density at radius 3 is 2.49 bits per heavy atom. The molecule has 1 aliphatic carbocycles. The number of rotatable bonds is 16. The molecule has 1 saturated carbocycles. The number of sulfonamides is 1. The first kappa shape index (κ1) is 31.4. The fourth-order valence-corrected chi connectivity index (χ4v) is 6.23. The van der Waals surface area contributed by atoms with E-state index in [1.54, 1.807) is 18.5 Å². The first-order valence-electron chi connectivity index (χ1n) is 14.0. The summed E-state index contributed by atoms with van der Waals surface area (Å²) < 4.78 is 30.7. The number of nitrogens with one attached hydrogen (secondary N) is 2. The Bertz CT molecular complexity index is 1380. The molecule has 1 amide bonds. The predicted molar refractivity (Wildman–Crippen MR) is 169 cm³/mol. The maximum atomic E-state index is 14.1. The molecule has 4 rings (SSSR count). The second kappa shape index (κ2) is 15.1. The van der Waals surface area contributed by atoms with Gasteiger partial charge in [0.2, 0.25) is 10.0 Å². The van der Waals surface area contributed by atoms with Gasteiger partial charge < -0.3 is 10.2 Å². The molecule has 0 radical (unpaired) electrons. The summed E-state index contributed by atoms with van der Waals surface area (Å²) in [5, 5.41) is 3.25. The van der Waals surface area contributed by atoms with Crippen molar-refractivity contribution in [3.8, 4) is 0 Å². The molecule has 0 atom stereocenters. The number of hydroxylamine groups is 1. The number of pyridine rings is 1. The van der Waals surface area contributed by atoms with E-state index >= 15 is 0 Å². The second-order valence-corrected chi connectivity index (χ2v) is 13.3. The Labute approximate surface area is 256 Å². The highest BCUT2D eigenvalue weighted by Crippen LogP contribution is 2.30. The maximum absolute atomic E-state index is 14.1. The number of nitrogens with zero attached hydrogens (tertiary/aromatic N) is 3. The molecule has 2 aromatic carbocycles. The third-order valence-electron chi connectivity index (χ3n) is 7.04. The van der Waals surface area contributed by atoms with Crippen molar-refractivity contribution in [2.45, 2.75) is 44.6 Å². The molecule has 3 aromatic rings. The summed E-state index contributed by atoms with van der Waals surface area (Å²) in [4.78, 5) is 25.0. The van der Waals surface area contributed by atoms with Crippen molar-refractivity contribution in [2.75, 3.05) is 38.1 Å². The van der Waals surface area contributed by atoms with Gasteiger partial charge in [-0.1, -0.05) is 19.9 Å². The summed E-state index contributed by atoms with van der Waals surface area (Å²) in [6.45, 7) is 7.84. The molecule has 0 bridgehead atoms. The zero-order chi connectivity index (χ0) is 29.2. The van der Waals surface area contributed by atoms with Gasteiger partial charge in [0.25, 0.3) is 5.91 Å². The molecule has 11 heteroatoms. The average Bonchev–Trinajstić information content (AvgIpc) is 3.81. The van der Waals surface area contributed by atoms with Gasteiger partial charge in [-0.25, -0.2) is 13.9 Å². The number of hydrogen-bond acceptors (Lipinski definition) is 7. The lowest BCUT2D eigenvalue weighted by atomic mass is 10.1. The number of aromatic nitrogens is 1. The molecule has 0 unspecified atom stereocenters. The van der Waals surface area contributed by atoms with E-state index in [1.807, 2.05) is 30.3 Å². The topological polar surface area (TPSA) is 104 Å². The van der Waals surface area contributed by atoms with Crippen LogP contribution in [0.1, 0.15) is 49.0 Å². The molecule has 220 valence electrons. The summed E-state index contributed by atoms with van der Waals surface area (Å²) >= 11 is 2.22. The van der Waals surface area contributed by atoms with E-state index in [9.17, 15) is 13.2 Å². The van der Waals surface area contributed by atoms with Crippen LogP contribution in [0.5, 0.6) is 0 Å². The van der Waals surface area contributed by atoms with Crippen LogP contribution in [-0.2, 0) is 21.4 Å². The third kappa shape index (κ3) is 9.20. The van der Waals surface area contributed by atoms with Crippen LogP contribution in [0, 0.1) is 9.49 Å². The molecule has 2 N–H and O–H groups in total. The van der Waals surface area contributed by atoms with Crippen molar-refractivity contribution >= 4 is 49.9 Å². The van der Waals surface area contributed by atoms with Crippen LogP contribution in [0.3, 0.4) is 0 Å². The molecule has 0 spiro atoms. The van der Waals surface area contributed by atoms with Crippen LogP contribution in [0.25, 0.3) is 0 Å². The Morgan fingerprint density at radius 2 is 1.83 bits per heavy atom. The predicted octanol–water partition coefficient (Wildman–Crippen LogP) is 5.42. The summed E-state index contributed by atoms with van der Waals surface area (Å²) in [6.07, 6.45) is 6.25. The molecular weight excluding hydrogens is 653 g/mol. The van der Waals surface area contributed by atoms with Crippen molar-refractivity contribution in [3.63, 3.8) is 0 Å². The van der Waals surface area contributed by atoms with E-state index < -0.39 is 15.9 Å². The molecule has 1 heterocycles. The second-order valence-electron chi connectivity index (χ2n) is 10.1. The van der Waals surface area contributed by atoms with E-state index in [2.05, 4.69) is 57.1 Å². The number of halogens is 1. The van der Waals surface area contributed by atoms with Gasteiger partial charge in [0, 0.05) is 34.7 Å². The Morgan fingerprint density at radius 1 is 1.07 bits per heavy atom. The average molecular weight is 692 g/mol. The highest BCUT2D eigenvalue weighted by molar-refractivity contribution is 14.1. The van der Waals surface area contributed by atoms with Gasteiger partial charge in [-0.15, -0.1) is 0 Å². The molecule has 9 nitrogen and oxygen atoms in total. The molecule has 41 heavy (non-hydrogen) atoms. The zero-order valence-corrected chi connectivity index (χ0v) is 26.5. The van der Waals surface area contributed by atoms with E-state index in [4.69, 9.17) is 4.84 Å². The number of benzene rings is 2. The van der Waals surface area contributed by atoms with Crippen molar-refractivity contribution in [2.24, 2.45) is 5.92 Å². The lowest BCUT2D eigenvalue weighted by Gasteiger charge is -2.25. The normalized spacial score (nSPS) is 13.5. The Hall–Kier alpha value is -2.58. The van der Waals surface area contributed by atoms with Crippen LogP contribution < -0.4 is 10.8 Å². The van der Waals surface area contributed by atoms with Crippen LogP contribution in [0.15, 0.2) is 71.9 Å². The van der Waals surface area contributed by atoms with E-state index in [0.717, 1.165) is 47.3 Å². The Balaban J connectivity index is 1.63. The van der Waals surface area contributed by atoms with Crippen molar-refractivity contribution in [1.29, 1.82) is 0 Å². The first-order valence-corrected chi connectivity index (χ1v) is 16.5. The quantitative estimate of drug-likeness (QED) is 0.153. The summed E-state index contributed by atoms with van der Waals surface area (Å²) in [6, 6.07) is 15.9. The van der Waals surface area contributed by atoms with Crippen LogP contribution in [-0.4, -0.2) is 61.3 Å². The van der Waals surface area contributed by atoms with Gasteiger partial charge in [-0.2, -0.15) is 4.31 Å². The number of carbonyl (C=O) groups is 1. The van der Waals surface area contributed by atoms with Gasteiger partial charge >= 0.3 is 0 Å². The monoisotopic (exact) mass is 691 g/mol.